The number of rotatable bonds is 5. The molecule has 3 nitrogen and oxygen atoms in total. The first-order valence-electron chi connectivity index (χ1n) is 6.55. The van der Waals surface area contributed by atoms with E-state index in [1.165, 1.54) is 17.7 Å². The number of nitrogens with zero attached hydrogens (tertiary/aromatic N) is 1. The maximum absolute atomic E-state index is 12.8. The lowest BCUT2D eigenvalue weighted by Gasteiger charge is -2.11. The van der Waals surface area contributed by atoms with Crippen molar-refractivity contribution in [3.8, 4) is 0 Å². The van der Waals surface area contributed by atoms with Gasteiger partial charge in [0.05, 0.1) is 6.54 Å². The number of aliphatic imine (C=N–C) groups is 1. The third-order valence-corrected chi connectivity index (χ3v) is 3.45. The zero-order chi connectivity index (χ0) is 14.2. The van der Waals surface area contributed by atoms with Gasteiger partial charge in [0.15, 0.2) is 5.96 Å². The van der Waals surface area contributed by atoms with Gasteiger partial charge in [-0.15, -0.1) is 24.0 Å². The Morgan fingerprint density at radius 2 is 1.90 bits per heavy atom. The van der Waals surface area contributed by atoms with Crippen molar-refractivity contribution in [1.29, 1.82) is 0 Å². The third-order valence-electron chi connectivity index (χ3n) is 2.72. The van der Waals surface area contributed by atoms with Crippen LogP contribution in [0.2, 0.25) is 0 Å². The maximum Gasteiger partial charge on any atom is 0.191 e. The average Bonchev–Trinajstić information content (AvgIpc) is 2.97. The minimum atomic E-state index is -0.216. The monoisotopic (exact) mass is 419 g/mol. The molecule has 0 saturated carbocycles. The van der Waals surface area contributed by atoms with Crippen molar-refractivity contribution < 1.29 is 4.39 Å². The molecule has 0 radical (unpaired) electrons. The fourth-order valence-electron chi connectivity index (χ4n) is 1.68. The van der Waals surface area contributed by atoms with Gasteiger partial charge in [0.25, 0.3) is 0 Å². The van der Waals surface area contributed by atoms with Crippen LogP contribution in [-0.4, -0.2) is 12.5 Å². The van der Waals surface area contributed by atoms with Crippen molar-refractivity contribution in [1.82, 2.24) is 10.6 Å². The Balaban J connectivity index is 0.00000220. The van der Waals surface area contributed by atoms with E-state index in [0.717, 1.165) is 18.1 Å². The molecule has 0 atom stereocenters. The zero-order valence-electron chi connectivity index (χ0n) is 11.8. The summed E-state index contributed by atoms with van der Waals surface area (Å²) in [5.41, 5.74) is 2.22. The highest BCUT2D eigenvalue weighted by molar-refractivity contribution is 14.0. The summed E-state index contributed by atoms with van der Waals surface area (Å²) < 4.78 is 12.8. The van der Waals surface area contributed by atoms with Gasteiger partial charge in [0.2, 0.25) is 0 Å². The topological polar surface area (TPSA) is 36.4 Å². The summed E-state index contributed by atoms with van der Waals surface area (Å²) in [6.45, 7) is 4.11. The number of thiophene rings is 1. The van der Waals surface area contributed by atoms with Crippen LogP contribution in [0.3, 0.4) is 0 Å². The molecule has 0 fully saturated rings. The lowest BCUT2D eigenvalue weighted by Crippen LogP contribution is -2.36. The SMILES string of the molecule is CCNC(=NCc1ccsc1)NCc1ccc(F)cc1.I. The summed E-state index contributed by atoms with van der Waals surface area (Å²) in [5, 5.41) is 10.6. The molecule has 1 heterocycles. The van der Waals surface area contributed by atoms with Gasteiger partial charge in [-0.05, 0) is 47.0 Å². The number of benzene rings is 1. The molecular weight excluding hydrogens is 400 g/mol. The molecular formula is C15H19FIN3S. The predicted octanol–water partition coefficient (Wildman–Crippen LogP) is 3.76. The summed E-state index contributed by atoms with van der Waals surface area (Å²) in [6, 6.07) is 8.53. The van der Waals surface area contributed by atoms with E-state index >= 15 is 0 Å². The number of hydrogen-bond acceptors (Lipinski definition) is 2. The maximum atomic E-state index is 12.8. The lowest BCUT2D eigenvalue weighted by atomic mass is 10.2. The van der Waals surface area contributed by atoms with Gasteiger partial charge in [-0.25, -0.2) is 9.38 Å². The molecule has 1 aromatic heterocycles. The Bertz CT molecular complexity index is 541. The molecule has 0 bridgehead atoms. The molecule has 0 aliphatic carbocycles. The van der Waals surface area contributed by atoms with Gasteiger partial charge in [0, 0.05) is 13.1 Å². The highest BCUT2D eigenvalue weighted by Crippen LogP contribution is 2.07. The molecule has 2 rings (SSSR count). The van der Waals surface area contributed by atoms with Crippen LogP contribution < -0.4 is 10.6 Å². The summed E-state index contributed by atoms with van der Waals surface area (Å²) in [7, 11) is 0. The van der Waals surface area contributed by atoms with E-state index < -0.39 is 0 Å². The quantitative estimate of drug-likeness (QED) is 0.440. The second kappa shape index (κ2) is 9.73. The van der Waals surface area contributed by atoms with E-state index in [1.807, 2.05) is 12.3 Å². The van der Waals surface area contributed by atoms with Crippen LogP contribution in [0.25, 0.3) is 0 Å². The first-order chi connectivity index (χ1) is 9.78. The zero-order valence-corrected chi connectivity index (χ0v) is 15.0. The predicted molar refractivity (Wildman–Crippen MR) is 97.8 cm³/mol. The highest BCUT2D eigenvalue weighted by atomic mass is 127. The van der Waals surface area contributed by atoms with Crippen LogP contribution in [0, 0.1) is 5.82 Å². The molecule has 6 heteroatoms. The van der Waals surface area contributed by atoms with E-state index in [0.29, 0.717) is 13.1 Å². The van der Waals surface area contributed by atoms with Gasteiger partial charge in [-0.2, -0.15) is 11.3 Å². The molecule has 2 aromatic rings. The largest absolute Gasteiger partial charge is 0.357 e. The Hall–Kier alpha value is -1.15. The molecule has 0 unspecified atom stereocenters. The van der Waals surface area contributed by atoms with Crippen LogP contribution in [-0.2, 0) is 13.1 Å². The van der Waals surface area contributed by atoms with Crippen LogP contribution in [0.15, 0.2) is 46.1 Å². The van der Waals surface area contributed by atoms with Crippen molar-refractivity contribution >= 4 is 41.3 Å². The molecule has 1 aromatic carbocycles. The average molecular weight is 419 g/mol. The van der Waals surface area contributed by atoms with Crippen LogP contribution in [0.5, 0.6) is 0 Å². The summed E-state index contributed by atoms with van der Waals surface area (Å²) in [5.74, 6) is 0.551. The standard InChI is InChI=1S/C15H18FN3S.HI/c1-2-17-15(19-10-13-7-8-20-11-13)18-9-12-3-5-14(16)6-4-12;/h3-8,11H,2,9-10H2,1H3,(H2,17,18,19);1H. The third kappa shape index (κ3) is 6.43. The van der Waals surface area contributed by atoms with Crippen molar-refractivity contribution in [2.75, 3.05) is 6.54 Å². The smallest absolute Gasteiger partial charge is 0.191 e. The second-order valence-electron chi connectivity index (χ2n) is 4.31. The summed E-state index contributed by atoms with van der Waals surface area (Å²) >= 11 is 1.67. The molecule has 21 heavy (non-hydrogen) atoms. The number of halogens is 2. The normalized spacial score (nSPS) is 10.9. The molecule has 0 aliphatic heterocycles. The Kier molecular flexibility index (Phi) is 8.29. The Labute approximate surface area is 145 Å². The van der Waals surface area contributed by atoms with E-state index in [4.69, 9.17) is 0 Å². The van der Waals surface area contributed by atoms with Gasteiger partial charge >= 0.3 is 0 Å². The number of guanidine groups is 1. The van der Waals surface area contributed by atoms with Crippen molar-refractivity contribution in [3.63, 3.8) is 0 Å². The minimum Gasteiger partial charge on any atom is -0.357 e. The fraction of sp³-hybridized carbons (Fsp3) is 0.267. The Morgan fingerprint density at radius 3 is 2.52 bits per heavy atom. The first kappa shape index (κ1) is 17.9. The Morgan fingerprint density at radius 1 is 1.14 bits per heavy atom. The van der Waals surface area contributed by atoms with Gasteiger partial charge < -0.3 is 10.6 Å². The second-order valence-corrected chi connectivity index (χ2v) is 5.09. The van der Waals surface area contributed by atoms with Crippen molar-refractivity contribution in [2.45, 2.75) is 20.0 Å². The van der Waals surface area contributed by atoms with Crippen molar-refractivity contribution in [3.05, 3.63) is 58.0 Å². The summed E-state index contributed by atoms with van der Waals surface area (Å²) in [4.78, 5) is 4.52. The van der Waals surface area contributed by atoms with Gasteiger partial charge in [-0.1, -0.05) is 12.1 Å². The number of hydrogen-bond donors (Lipinski definition) is 2. The van der Waals surface area contributed by atoms with Gasteiger partial charge in [0.1, 0.15) is 5.82 Å². The van der Waals surface area contributed by atoms with Crippen molar-refractivity contribution in [2.24, 2.45) is 4.99 Å². The van der Waals surface area contributed by atoms with Crippen LogP contribution in [0.4, 0.5) is 4.39 Å². The van der Waals surface area contributed by atoms with E-state index in [-0.39, 0.29) is 29.8 Å². The lowest BCUT2D eigenvalue weighted by molar-refractivity contribution is 0.626. The summed E-state index contributed by atoms with van der Waals surface area (Å²) in [6.07, 6.45) is 0. The molecule has 114 valence electrons. The fourth-order valence-corrected chi connectivity index (χ4v) is 2.34. The molecule has 0 spiro atoms. The number of nitrogens with one attached hydrogen (secondary N) is 2. The minimum absolute atomic E-state index is 0. The van der Waals surface area contributed by atoms with Crippen LogP contribution >= 0.6 is 35.3 Å². The van der Waals surface area contributed by atoms with Crippen LogP contribution in [0.1, 0.15) is 18.1 Å². The molecule has 2 N–H and O–H groups in total. The van der Waals surface area contributed by atoms with Gasteiger partial charge in [-0.3, -0.25) is 0 Å². The van der Waals surface area contributed by atoms with E-state index in [9.17, 15) is 4.39 Å². The highest BCUT2D eigenvalue weighted by Gasteiger charge is 1.99. The molecule has 0 saturated heterocycles. The van der Waals surface area contributed by atoms with E-state index in [2.05, 4.69) is 27.1 Å². The van der Waals surface area contributed by atoms with E-state index in [1.54, 1.807) is 23.5 Å². The molecule has 0 aliphatic rings. The first-order valence-corrected chi connectivity index (χ1v) is 7.50. The molecule has 0 amide bonds.